The van der Waals surface area contributed by atoms with Gasteiger partial charge in [0.1, 0.15) is 12.4 Å². The second-order valence-electron chi connectivity index (χ2n) is 8.33. The molecule has 0 fully saturated rings. The highest BCUT2D eigenvalue weighted by molar-refractivity contribution is 6.00. The number of nitrogens with zero attached hydrogens (tertiary/aromatic N) is 2. The van der Waals surface area contributed by atoms with Crippen LogP contribution in [0.4, 0.5) is 0 Å². The quantitative estimate of drug-likeness (QED) is 0.165. The number of amides is 1. The largest absolute Gasteiger partial charge is 0.490 e. The van der Waals surface area contributed by atoms with Crippen LogP contribution in [0.1, 0.15) is 34.8 Å². The smallest absolute Gasteiger partial charge is 0.309 e. The van der Waals surface area contributed by atoms with Crippen molar-refractivity contribution in [3.8, 4) is 16.9 Å². The molecule has 0 saturated heterocycles. The Kier molecular flexibility index (Phi) is 9.63. The van der Waals surface area contributed by atoms with E-state index in [1.807, 2.05) is 79.7 Å². The van der Waals surface area contributed by atoms with Gasteiger partial charge in [-0.25, -0.2) is 0 Å². The zero-order valence-electron chi connectivity index (χ0n) is 21.2. The highest BCUT2D eigenvalue weighted by Crippen LogP contribution is 2.21. The van der Waals surface area contributed by atoms with E-state index >= 15 is 0 Å². The van der Waals surface area contributed by atoms with Crippen molar-refractivity contribution >= 4 is 17.6 Å². The summed E-state index contributed by atoms with van der Waals surface area (Å²) in [6.45, 7) is 2.65. The molecule has 0 aliphatic carbocycles. The molecule has 188 valence electrons. The fourth-order valence-electron chi connectivity index (χ4n) is 3.54. The standard InChI is InChI=1S/C29H32N2O5/c1-5-27(30-36-18-17-35-26-8-6-7-21(19-26)20-28(32)34-4)24-13-9-22(10-14-24)23-11-15-25(16-12-23)29(33)31(2)3/h6-16,19H,5,17-18,20H2,1-4H3/b30-27+. The molecule has 0 aliphatic rings. The van der Waals surface area contributed by atoms with Crippen molar-refractivity contribution in [2.75, 3.05) is 34.4 Å². The first kappa shape index (κ1) is 26.5. The van der Waals surface area contributed by atoms with Crippen molar-refractivity contribution in [1.82, 2.24) is 4.90 Å². The normalized spacial score (nSPS) is 11.1. The topological polar surface area (TPSA) is 77.4 Å². The summed E-state index contributed by atoms with van der Waals surface area (Å²) in [6.07, 6.45) is 0.922. The Morgan fingerprint density at radius 3 is 2.08 bits per heavy atom. The Bertz CT molecular complexity index is 1190. The van der Waals surface area contributed by atoms with Crippen LogP contribution in [0.3, 0.4) is 0 Å². The third-order valence-corrected chi connectivity index (χ3v) is 5.52. The van der Waals surface area contributed by atoms with Crippen LogP contribution >= 0.6 is 0 Å². The highest BCUT2D eigenvalue weighted by atomic mass is 16.6. The number of methoxy groups -OCH3 is 1. The van der Waals surface area contributed by atoms with Crippen molar-refractivity contribution in [2.45, 2.75) is 19.8 Å². The lowest BCUT2D eigenvalue weighted by molar-refractivity contribution is -0.139. The van der Waals surface area contributed by atoms with E-state index < -0.39 is 0 Å². The molecule has 36 heavy (non-hydrogen) atoms. The molecule has 0 saturated carbocycles. The van der Waals surface area contributed by atoms with Crippen molar-refractivity contribution in [3.05, 3.63) is 89.5 Å². The van der Waals surface area contributed by atoms with Gasteiger partial charge in [0.2, 0.25) is 0 Å². The predicted octanol–water partition coefficient (Wildman–Crippen LogP) is 4.98. The van der Waals surface area contributed by atoms with Crippen LogP contribution in [0.5, 0.6) is 5.75 Å². The Labute approximate surface area is 212 Å². The van der Waals surface area contributed by atoms with Crippen LogP contribution < -0.4 is 4.74 Å². The Balaban J connectivity index is 1.53. The van der Waals surface area contributed by atoms with Gasteiger partial charge in [-0.1, -0.05) is 60.6 Å². The third-order valence-electron chi connectivity index (χ3n) is 5.52. The second-order valence-corrected chi connectivity index (χ2v) is 8.33. The predicted molar refractivity (Wildman–Crippen MR) is 140 cm³/mol. The van der Waals surface area contributed by atoms with E-state index in [4.69, 9.17) is 14.3 Å². The van der Waals surface area contributed by atoms with Crippen molar-refractivity contribution < 1.29 is 23.9 Å². The van der Waals surface area contributed by atoms with Crippen LogP contribution in [0.25, 0.3) is 11.1 Å². The maximum Gasteiger partial charge on any atom is 0.309 e. The van der Waals surface area contributed by atoms with E-state index in [-0.39, 0.29) is 18.3 Å². The van der Waals surface area contributed by atoms with Crippen molar-refractivity contribution in [3.63, 3.8) is 0 Å². The van der Waals surface area contributed by atoms with Crippen LogP contribution in [0.15, 0.2) is 78.0 Å². The summed E-state index contributed by atoms with van der Waals surface area (Å²) in [5.74, 6) is 0.354. The molecule has 0 atom stereocenters. The van der Waals surface area contributed by atoms with E-state index in [0.29, 0.717) is 24.5 Å². The Hall–Kier alpha value is -4.13. The minimum Gasteiger partial charge on any atom is -0.490 e. The van der Waals surface area contributed by atoms with Gasteiger partial charge in [0.15, 0.2) is 6.61 Å². The van der Waals surface area contributed by atoms with Crippen molar-refractivity contribution in [1.29, 1.82) is 0 Å². The molecular formula is C29H32N2O5. The molecule has 1 amide bonds. The monoisotopic (exact) mass is 488 g/mol. The number of hydrogen-bond acceptors (Lipinski definition) is 6. The number of carbonyl (C=O) groups excluding carboxylic acids is 2. The van der Waals surface area contributed by atoms with E-state index in [9.17, 15) is 9.59 Å². The van der Waals surface area contributed by atoms with E-state index in [0.717, 1.165) is 34.4 Å². The lowest BCUT2D eigenvalue weighted by Gasteiger charge is -2.11. The van der Waals surface area contributed by atoms with Crippen LogP contribution in [0, 0.1) is 0 Å². The van der Waals surface area contributed by atoms with Gasteiger partial charge in [0.05, 0.1) is 19.2 Å². The average Bonchev–Trinajstić information content (AvgIpc) is 2.90. The van der Waals surface area contributed by atoms with Gasteiger partial charge >= 0.3 is 5.97 Å². The zero-order valence-corrected chi connectivity index (χ0v) is 21.2. The Morgan fingerprint density at radius 2 is 1.50 bits per heavy atom. The molecule has 0 spiro atoms. The molecule has 0 radical (unpaired) electrons. The fraction of sp³-hybridized carbons (Fsp3) is 0.276. The molecule has 0 aliphatic heterocycles. The lowest BCUT2D eigenvalue weighted by atomic mass is 10.0. The maximum atomic E-state index is 12.1. The number of esters is 1. The van der Waals surface area contributed by atoms with E-state index in [1.54, 1.807) is 19.0 Å². The molecule has 0 bridgehead atoms. The first-order chi connectivity index (χ1) is 17.4. The molecule has 7 nitrogen and oxygen atoms in total. The van der Waals surface area contributed by atoms with Gasteiger partial charge in [-0.05, 0) is 52.9 Å². The van der Waals surface area contributed by atoms with Crippen molar-refractivity contribution in [2.24, 2.45) is 5.16 Å². The van der Waals surface area contributed by atoms with Gasteiger partial charge in [-0.3, -0.25) is 9.59 Å². The fourth-order valence-corrected chi connectivity index (χ4v) is 3.54. The summed E-state index contributed by atoms with van der Waals surface area (Å²) in [7, 11) is 4.85. The summed E-state index contributed by atoms with van der Waals surface area (Å²) >= 11 is 0. The molecule has 3 rings (SSSR count). The third kappa shape index (κ3) is 7.43. The molecule has 7 heteroatoms. The average molecular weight is 489 g/mol. The summed E-state index contributed by atoms with van der Waals surface area (Å²) in [5, 5.41) is 4.29. The van der Waals surface area contributed by atoms with Gasteiger partial charge in [0, 0.05) is 19.7 Å². The SMILES string of the molecule is CC/C(=N\OCCOc1cccc(CC(=O)OC)c1)c1ccc(-c2ccc(C(=O)N(C)C)cc2)cc1. The molecule has 3 aromatic rings. The number of ether oxygens (including phenoxy) is 2. The lowest BCUT2D eigenvalue weighted by Crippen LogP contribution is -2.21. The Morgan fingerprint density at radius 1 is 0.861 bits per heavy atom. The summed E-state index contributed by atoms with van der Waals surface area (Å²) < 4.78 is 10.4. The van der Waals surface area contributed by atoms with E-state index in [1.165, 1.54) is 7.11 Å². The van der Waals surface area contributed by atoms with Crippen LogP contribution in [0.2, 0.25) is 0 Å². The minimum absolute atomic E-state index is 0.0156. The number of carbonyl (C=O) groups is 2. The molecule has 0 N–H and O–H groups in total. The minimum atomic E-state index is -0.292. The van der Waals surface area contributed by atoms with Gasteiger partial charge in [-0.2, -0.15) is 0 Å². The molecular weight excluding hydrogens is 456 g/mol. The van der Waals surface area contributed by atoms with Gasteiger partial charge < -0.3 is 19.2 Å². The first-order valence-electron chi connectivity index (χ1n) is 11.8. The number of hydrogen-bond donors (Lipinski definition) is 0. The summed E-state index contributed by atoms with van der Waals surface area (Å²) in [4.78, 5) is 30.6. The number of rotatable bonds is 11. The molecule has 3 aromatic carbocycles. The molecule has 0 aromatic heterocycles. The summed E-state index contributed by atoms with van der Waals surface area (Å²) in [5.41, 5.74) is 5.41. The second kappa shape index (κ2) is 13.1. The van der Waals surface area contributed by atoms with E-state index in [2.05, 4.69) is 5.16 Å². The van der Waals surface area contributed by atoms with Crippen LogP contribution in [-0.4, -0.2) is 56.9 Å². The first-order valence-corrected chi connectivity index (χ1v) is 11.8. The molecule has 0 unspecified atom stereocenters. The summed E-state index contributed by atoms with van der Waals surface area (Å²) in [6, 6.07) is 23.0. The zero-order chi connectivity index (χ0) is 25.9. The highest BCUT2D eigenvalue weighted by Gasteiger charge is 2.09. The van der Waals surface area contributed by atoms with Gasteiger partial charge in [0.25, 0.3) is 5.91 Å². The number of oxime groups is 1. The maximum absolute atomic E-state index is 12.1. The van der Waals surface area contributed by atoms with Gasteiger partial charge in [-0.15, -0.1) is 0 Å². The van der Waals surface area contributed by atoms with Crippen LogP contribution in [-0.2, 0) is 20.8 Å². The molecule has 0 heterocycles. The number of benzene rings is 3.